The molecule has 7 heteroatoms. The summed E-state index contributed by atoms with van der Waals surface area (Å²) in [5, 5.41) is 9.44. The Kier molecular flexibility index (Phi) is 2.58. The van der Waals surface area contributed by atoms with Crippen molar-refractivity contribution in [1.82, 2.24) is 25.1 Å². The van der Waals surface area contributed by atoms with Crippen LogP contribution < -0.4 is 11.0 Å². The summed E-state index contributed by atoms with van der Waals surface area (Å²) < 4.78 is 0. The number of hydrogen-bond acceptors (Lipinski definition) is 5. The maximum Gasteiger partial charge on any atom is 0.340 e. The Bertz CT molecular complexity index is 652. The Morgan fingerprint density at radius 3 is 2.65 bits per heavy atom. The van der Waals surface area contributed by atoms with Crippen LogP contribution in [0.4, 0.5) is 5.82 Å². The Morgan fingerprint density at radius 1 is 1.20 bits per heavy atom. The molecule has 4 rings (SSSR count). The average Bonchev–Trinajstić information content (AvgIpc) is 3.35. The zero-order chi connectivity index (χ0) is 13.5. The van der Waals surface area contributed by atoms with E-state index in [9.17, 15) is 4.79 Å². The van der Waals surface area contributed by atoms with E-state index in [-0.39, 0.29) is 5.69 Å². The van der Waals surface area contributed by atoms with Gasteiger partial charge in [-0.25, -0.2) is 19.9 Å². The molecule has 0 amide bonds. The van der Waals surface area contributed by atoms with E-state index in [1.165, 1.54) is 25.7 Å². The first-order valence-corrected chi connectivity index (χ1v) is 7.04. The van der Waals surface area contributed by atoms with Crippen LogP contribution in [0.3, 0.4) is 0 Å². The number of rotatable bonds is 5. The predicted molar refractivity (Wildman–Crippen MR) is 72.5 cm³/mol. The number of nitrogens with one attached hydrogen (secondary N) is 3. The van der Waals surface area contributed by atoms with Crippen molar-refractivity contribution in [3.05, 3.63) is 33.9 Å². The molecule has 0 bridgehead atoms. The molecule has 0 atom stereocenters. The molecule has 2 aliphatic rings. The molecular formula is C13H16N6O. The summed E-state index contributed by atoms with van der Waals surface area (Å²) in [5.74, 6) is 3.52. The molecule has 0 saturated heterocycles. The largest absolute Gasteiger partial charge is 0.363 e. The molecule has 0 radical (unpaired) electrons. The van der Waals surface area contributed by atoms with E-state index in [1.54, 1.807) is 0 Å². The van der Waals surface area contributed by atoms with Gasteiger partial charge in [0.2, 0.25) is 0 Å². The monoisotopic (exact) mass is 272 g/mol. The van der Waals surface area contributed by atoms with E-state index in [0.29, 0.717) is 24.2 Å². The quantitative estimate of drug-likeness (QED) is 0.760. The fraction of sp³-hybridized carbons (Fsp3) is 0.538. The van der Waals surface area contributed by atoms with Crippen molar-refractivity contribution in [2.24, 2.45) is 0 Å². The van der Waals surface area contributed by atoms with Gasteiger partial charge < -0.3 is 5.32 Å². The lowest BCUT2D eigenvalue weighted by atomic mass is 10.2. The number of aromatic amines is 2. The molecule has 0 unspecified atom stereocenters. The van der Waals surface area contributed by atoms with Gasteiger partial charge in [-0.05, 0) is 25.7 Å². The highest BCUT2D eigenvalue weighted by molar-refractivity contribution is 5.39. The van der Waals surface area contributed by atoms with E-state index >= 15 is 0 Å². The second-order valence-electron chi connectivity index (χ2n) is 5.56. The summed E-state index contributed by atoms with van der Waals surface area (Å²) in [4.78, 5) is 22.9. The van der Waals surface area contributed by atoms with Gasteiger partial charge in [0.1, 0.15) is 17.5 Å². The van der Waals surface area contributed by atoms with Crippen molar-refractivity contribution in [3.63, 3.8) is 0 Å². The van der Waals surface area contributed by atoms with Gasteiger partial charge in [0, 0.05) is 23.6 Å². The summed E-state index contributed by atoms with van der Waals surface area (Å²) >= 11 is 0. The van der Waals surface area contributed by atoms with Crippen LogP contribution in [0.15, 0.2) is 10.9 Å². The summed E-state index contributed by atoms with van der Waals surface area (Å²) in [5.41, 5.74) is 0.863. The van der Waals surface area contributed by atoms with Gasteiger partial charge in [-0.1, -0.05) is 0 Å². The zero-order valence-electron chi connectivity index (χ0n) is 11.0. The van der Waals surface area contributed by atoms with Crippen LogP contribution >= 0.6 is 0 Å². The average molecular weight is 272 g/mol. The molecule has 2 aliphatic carbocycles. The molecule has 20 heavy (non-hydrogen) atoms. The number of hydrogen-bond donors (Lipinski definition) is 3. The highest BCUT2D eigenvalue weighted by Crippen LogP contribution is 2.43. The summed E-state index contributed by atoms with van der Waals surface area (Å²) in [6.45, 7) is 0.448. The highest BCUT2D eigenvalue weighted by Gasteiger charge is 2.31. The second kappa shape index (κ2) is 4.43. The third-order valence-electron chi connectivity index (χ3n) is 3.69. The molecule has 2 fully saturated rings. The molecular weight excluding hydrogens is 256 g/mol. The minimum atomic E-state index is -0.290. The van der Waals surface area contributed by atoms with Gasteiger partial charge in [-0.2, -0.15) is 5.10 Å². The maximum atomic E-state index is 11.0. The van der Waals surface area contributed by atoms with Gasteiger partial charge in [-0.15, -0.1) is 0 Å². The Labute approximate surface area is 115 Å². The molecule has 2 aromatic rings. The number of nitrogens with zero attached hydrogens (tertiary/aromatic N) is 3. The Balaban J connectivity index is 1.55. The van der Waals surface area contributed by atoms with E-state index < -0.39 is 0 Å². The summed E-state index contributed by atoms with van der Waals surface area (Å²) in [6.07, 6.45) is 4.85. The predicted octanol–water partition coefficient (Wildman–Crippen LogP) is 1.25. The smallest absolute Gasteiger partial charge is 0.340 e. The van der Waals surface area contributed by atoms with Crippen LogP contribution in [0.2, 0.25) is 0 Å². The van der Waals surface area contributed by atoms with Gasteiger partial charge >= 0.3 is 5.69 Å². The Hall–Kier alpha value is -2.18. The number of H-pyrrole nitrogens is 2. The van der Waals surface area contributed by atoms with E-state index in [0.717, 1.165) is 17.3 Å². The molecule has 0 aromatic carbocycles. The van der Waals surface area contributed by atoms with E-state index in [1.807, 2.05) is 6.07 Å². The molecule has 3 N–H and O–H groups in total. The first-order valence-electron chi connectivity index (χ1n) is 7.04. The van der Waals surface area contributed by atoms with Gasteiger partial charge in [-0.3, -0.25) is 4.98 Å². The van der Waals surface area contributed by atoms with Crippen LogP contribution in [0.5, 0.6) is 0 Å². The van der Waals surface area contributed by atoms with E-state index in [4.69, 9.17) is 0 Å². The third kappa shape index (κ3) is 2.43. The third-order valence-corrected chi connectivity index (χ3v) is 3.69. The van der Waals surface area contributed by atoms with Gasteiger partial charge in [0.05, 0.1) is 6.54 Å². The highest BCUT2D eigenvalue weighted by atomic mass is 16.1. The lowest BCUT2D eigenvalue weighted by Crippen LogP contribution is -2.08. The van der Waals surface area contributed by atoms with Gasteiger partial charge in [0.25, 0.3) is 0 Å². The summed E-state index contributed by atoms with van der Waals surface area (Å²) in [7, 11) is 0. The molecule has 0 spiro atoms. The number of aromatic nitrogens is 5. The zero-order valence-corrected chi connectivity index (χ0v) is 11.0. The van der Waals surface area contributed by atoms with Crippen molar-refractivity contribution >= 4 is 5.82 Å². The van der Waals surface area contributed by atoms with Crippen LogP contribution in [0.1, 0.15) is 54.9 Å². The van der Waals surface area contributed by atoms with Crippen LogP contribution in [0.25, 0.3) is 0 Å². The molecule has 104 valence electrons. The molecule has 0 aliphatic heterocycles. The van der Waals surface area contributed by atoms with Crippen LogP contribution in [-0.2, 0) is 6.54 Å². The second-order valence-corrected chi connectivity index (χ2v) is 5.56. The molecule has 2 aromatic heterocycles. The van der Waals surface area contributed by atoms with E-state index in [2.05, 4.69) is 30.5 Å². The lowest BCUT2D eigenvalue weighted by molar-refractivity contribution is 0.864. The standard InChI is InChI=1S/C13H16N6O/c20-13-17-11(18-19-13)6-14-10-5-9(7-1-2-7)15-12(16-10)8-3-4-8/h5,7-8H,1-4,6H2,(H,14,15,16)(H2,17,18,19,20). The molecule has 2 heterocycles. The SMILES string of the molecule is O=c1[nH]nc(CNc2cc(C3CC3)nc(C3CC3)n2)[nH]1. The van der Waals surface area contributed by atoms with Crippen LogP contribution in [0, 0.1) is 0 Å². The van der Waals surface area contributed by atoms with Crippen molar-refractivity contribution in [2.45, 2.75) is 44.1 Å². The van der Waals surface area contributed by atoms with Crippen molar-refractivity contribution in [3.8, 4) is 0 Å². The fourth-order valence-corrected chi connectivity index (χ4v) is 2.25. The fourth-order valence-electron chi connectivity index (χ4n) is 2.25. The van der Waals surface area contributed by atoms with Gasteiger partial charge in [0.15, 0.2) is 0 Å². The van der Waals surface area contributed by atoms with Crippen molar-refractivity contribution in [1.29, 1.82) is 0 Å². The number of anilines is 1. The lowest BCUT2D eigenvalue weighted by Gasteiger charge is -2.08. The first kappa shape index (κ1) is 11.6. The van der Waals surface area contributed by atoms with Crippen molar-refractivity contribution in [2.75, 3.05) is 5.32 Å². The molecule has 2 saturated carbocycles. The Morgan fingerprint density at radius 2 is 2.00 bits per heavy atom. The molecule has 7 nitrogen and oxygen atoms in total. The minimum absolute atomic E-state index is 0.290. The van der Waals surface area contributed by atoms with Crippen molar-refractivity contribution < 1.29 is 0 Å². The minimum Gasteiger partial charge on any atom is -0.363 e. The topological polar surface area (TPSA) is 99.3 Å². The summed E-state index contributed by atoms with van der Waals surface area (Å²) in [6, 6.07) is 2.02. The maximum absolute atomic E-state index is 11.0. The van der Waals surface area contributed by atoms with Crippen LogP contribution in [-0.4, -0.2) is 25.1 Å². The normalized spacial score (nSPS) is 18.2. The first-order chi connectivity index (χ1) is 9.78.